The van der Waals surface area contributed by atoms with Gasteiger partial charge in [0, 0.05) is 6.92 Å². The van der Waals surface area contributed by atoms with Crippen LogP contribution in [-0.4, -0.2) is 20.1 Å². The summed E-state index contributed by atoms with van der Waals surface area (Å²) in [6, 6.07) is 0. The minimum absolute atomic E-state index is 0.130. The maximum absolute atomic E-state index is 10.6. The molecule has 0 aromatic rings. The minimum atomic E-state index is -1.36. The van der Waals surface area contributed by atoms with Gasteiger partial charge in [0.2, 0.25) is 0 Å². The van der Waals surface area contributed by atoms with E-state index in [1.807, 2.05) is 6.92 Å². The first-order valence-electron chi connectivity index (χ1n) is 4.11. The van der Waals surface area contributed by atoms with Crippen LogP contribution in [0.15, 0.2) is 11.8 Å². The van der Waals surface area contributed by atoms with Gasteiger partial charge in [-0.2, -0.15) is 0 Å². The highest BCUT2D eigenvalue weighted by Crippen LogP contribution is 2.18. The monoisotopic (exact) mass is 186 g/mol. The van der Waals surface area contributed by atoms with Crippen molar-refractivity contribution in [3.63, 3.8) is 0 Å². The number of ether oxygens (including phenoxy) is 1. The van der Waals surface area contributed by atoms with Crippen molar-refractivity contribution in [2.45, 2.75) is 39.6 Å². The van der Waals surface area contributed by atoms with Crippen molar-refractivity contribution < 1.29 is 9.53 Å². The fourth-order valence-corrected chi connectivity index (χ4v) is 2.21. The molecule has 0 radical (unpaired) electrons. The van der Waals surface area contributed by atoms with Crippen LogP contribution < -0.4 is 0 Å². The molecule has 0 saturated carbocycles. The fraction of sp³-hybridized carbons (Fsp3) is 0.667. The Bertz CT molecular complexity index is 191. The van der Waals surface area contributed by atoms with Gasteiger partial charge in [0.25, 0.3) is 0 Å². The van der Waals surface area contributed by atoms with Crippen LogP contribution in [0.4, 0.5) is 0 Å². The van der Waals surface area contributed by atoms with E-state index in [-0.39, 0.29) is 12.1 Å². The van der Waals surface area contributed by atoms with Crippen molar-refractivity contribution in [1.29, 1.82) is 0 Å². The summed E-state index contributed by atoms with van der Waals surface area (Å²) in [4.78, 5) is 10.6. The van der Waals surface area contributed by atoms with E-state index in [2.05, 4.69) is 26.2 Å². The van der Waals surface area contributed by atoms with Crippen LogP contribution in [-0.2, 0) is 9.53 Å². The third-order valence-electron chi connectivity index (χ3n) is 1.80. The van der Waals surface area contributed by atoms with Crippen molar-refractivity contribution in [2.24, 2.45) is 0 Å². The standard InChI is InChI=1S/C9H18O2Si/c1-7(11-9(3)10)8(2)12(4,5)6/h7H,2H2,1,3-6H3/t7-/m1/s1. The van der Waals surface area contributed by atoms with E-state index >= 15 is 0 Å². The van der Waals surface area contributed by atoms with E-state index < -0.39 is 8.07 Å². The van der Waals surface area contributed by atoms with Crippen LogP contribution in [0.3, 0.4) is 0 Å². The maximum atomic E-state index is 10.6. The second kappa shape index (κ2) is 3.89. The van der Waals surface area contributed by atoms with Gasteiger partial charge in [-0.05, 0) is 12.1 Å². The second-order valence-electron chi connectivity index (χ2n) is 4.03. The normalized spacial score (nSPS) is 13.8. The van der Waals surface area contributed by atoms with Crippen molar-refractivity contribution in [1.82, 2.24) is 0 Å². The summed E-state index contributed by atoms with van der Waals surface area (Å²) in [5.74, 6) is -0.234. The molecule has 1 atom stereocenters. The molecule has 0 aromatic carbocycles. The van der Waals surface area contributed by atoms with Crippen LogP contribution >= 0.6 is 0 Å². The molecular formula is C9H18O2Si. The Labute approximate surface area is 75.6 Å². The molecule has 0 aliphatic rings. The third-order valence-corrected chi connectivity index (χ3v) is 4.13. The molecule has 0 rings (SSSR count). The maximum Gasteiger partial charge on any atom is 0.303 e. The summed E-state index contributed by atoms with van der Waals surface area (Å²) in [6.45, 7) is 13.8. The third kappa shape index (κ3) is 3.71. The lowest BCUT2D eigenvalue weighted by Gasteiger charge is -2.24. The Morgan fingerprint density at radius 3 is 2.08 bits per heavy atom. The molecule has 0 bridgehead atoms. The van der Waals surface area contributed by atoms with E-state index in [1.54, 1.807) is 0 Å². The van der Waals surface area contributed by atoms with Crippen molar-refractivity contribution in [3.8, 4) is 0 Å². The molecule has 0 spiro atoms. The van der Waals surface area contributed by atoms with E-state index in [0.29, 0.717) is 0 Å². The highest BCUT2D eigenvalue weighted by atomic mass is 28.3. The Hall–Kier alpha value is -0.573. The first-order valence-corrected chi connectivity index (χ1v) is 7.61. The Balaban J connectivity index is 4.21. The second-order valence-corrected chi connectivity index (χ2v) is 9.17. The molecule has 3 heteroatoms. The number of hydrogen-bond acceptors (Lipinski definition) is 2. The molecule has 0 aliphatic heterocycles. The molecule has 0 unspecified atom stereocenters. The zero-order valence-electron chi connectivity index (χ0n) is 8.60. The number of carbonyl (C=O) groups excluding carboxylic acids is 1. The predicted molar refractivity (Wildman–Crippen MR) is 53.7 cm³/mol. The summed E-state index contributed by atoms with van der Waals surface area (Å²) >= 11 is 0. The molecule has 0 amide bonds. The lowest BCUT2D eigenvalue weighted by Crippen LogP contribution is -2.32. The van der Waals surface area contributed by atoms with E-state index in [4.69, 9.17) is 4.74 Å². The molecule has 0 aromatic heterocycles. The SMILES string of the molecule is C=C([C@@H](C)OC(C)=O)[Si](C)(C)C. The summed E-state index contributed by atoms with van der Waals surface area (Å²) in [7, 11) is -1.36. The first kappa shape index (κ1) is 11.4. The van der Waals surface area contributed by atoms with Gasteiger partial charge in [-0.25, -0.2) is 0 Å². The Morgan fingerprint density at radius 2 is 1.83 bits per heavy atom. The molecule has 2 nitrogen and oxygen atoms in total. The Morgan fingerprint density at radius 1 is 1.42 bits per heavy atom. The number of esters is 1. The van der Waals surface area contributed by atoms with Crippen molar-refractivity contribution in [2.75, 3.05) is 0 Å². The first-order chi connectivity index (χ1) is 5.25. The summed E-state index contributed by atoms with van der Waals surface area (Å²) in [5.41, 5.74) is 0. The van der Waals surface area contributed by atoms with Crippen molar-refractivity contribution in [3.05, 3.63) is 11.8 Å². The van der Waals surface area contributed by atoms with Crippen LogP contribution in [0.2, 0.25) is 19.6 Å². The van der Waals surface area contributed by atoms with Gasteiger partial charge in [-0.1, -0.05) is 19.6 Å². The van der Waals surface area contributed by atoms with Gasteiger partial charge >= 0.3 is 5.97 Å². The molecule has 0 heterocycles. The largest absolute Gasteiger partial charge is 0.459 e. The molecular weight excluding hydrogens is 168 g/mol. The van der Waals surface area contributed by atoms with Crippen LogP contribution in [0.5, 0.6) is 0 Å². The predicted octanol–water partition coefficient (Wildman–Crippen LogP) is 2.37. The Kier molecular flexibility index (Phi) is 3.71. The van der Waals surface area contributed by atoms with Crippen LogP contribution in [0.25, 0.3) is 0 Å². The quantitative estimate of drug-likeness (QED) is 0.499. The number of rotatable bonds is 3. The fourth-order valence-electron chi connectivity index (χ4n) is 0.930. The minimum Gasteiger partial charge on any atom is -0.459 e. The lowest BCUT2D eigenvalue weighted by molar-refractivity contribution is -0.143. The average molecular weight is 186 g/mol. The number of carbonyl (C=O) groups is 1. The van der Waals surface area contributed by atoms with Crippen molar-refractivity contribution >= 4 is 14.0 Å². The van der Waals surface area contributed by atoms with Gasteiger partial charge in [0.05, 0.1) is 8.07 Å². The number of hydrogen-bond donors (Lipinski definition) is 0. The van der Waals surface area contributed by atoms with E-state index in [1.165, 1.54) is 6.92 Å². The summed E-state index contributed by atoms with van der Waals surface area (Å²) in [5, 5.41) is 1.08. The average Bonchev–Trinajstić information content (AvgIpc) is 1.82. The van der Waals surface area contributed by atoms with Gasteiger partial charge in [-0.15, -0.1) is 6.58 Å². The van der Waals surface area contributed by atoms with Gasteiger partial charge in [-0.3, -0.25) is 4.79 Å². The molecule has 70 valence electrons. The van der Waals surface area contributed by atoms with E-state index in [0.717, 1.165) is 5.20 Å². The molecule has 0 aliphatic carbocycles. The highest BCUT2D eigenvalue weighted by Gasteiger charge is 2.23. The van der Waals surface area contributed by atoms with Gasteiger partial charge < -0.3 is 4.74 Å². The molecule has 0 saturated heterocycles. The zero-order valence-corrected chi connectivity index (χ0v) is 9.60. The summed E-state index contributed by atoms with van der Waals surface area (Å²) in [6.07, 6.45) is -0.130. The molecule has 0 fully saturated rings. The summed E-state index contributed by atoms with van der Waals surface area (Å²) < 4.78 is 5.03. The van der Waals surface area contributed by atoms with Crippen LogP contribution in [0, 0.1) is 0 Å². The van der Waals surface area contributed by atoms with Gasteiger partial charge in [0.15, 0.2) is 0 Å². The van der Waals surface area contributed by atoms with Crippen LogP contribution in [0.1, 0.15) is 13.8 Å². The van der Waals surface area contributed by atoms with E-state index in [9.17, 15) is 4.79 Å². The smallest absolute Gasteiger partial charge is 0.303 e. The lowest BCUT2D eigenvalue weighted by atomic mass is 10.4. The molecule has 12 heavy (non-hydrogen) atoms. The molecule has 0 N–H and O–H groups in total. The topological polar surface area (TPSA) is 26.3 Å². The highest BCUT2D eigenvalue weighted by molar-refractivity contribution is 6.83. The van der Waals surface area contributed by atoms with Gasteiger partial charge in [0.1, 0.15) is 6.10 Å². The zero-order chi connectivity index (χ0) is 9.94.